The van der Waals surface area contributed by atoms with E-state index in [9.17, 15) is 14.4 Å². The van der Waals surface area contributed by atoms with Gasteiger partial charge in [0.2, 0.25) is 11.8 Å². The van der Waals surface area contributed by atoms with Crippen molar-refractivity contribution in [1.82, 2.24) is 0 Å². The van der Waals surface area contributed by atoms with Gasteiger partial charge in [0.1, 0.15) is 0 Å². The smallest absolute Gasteiger partial charge is 0.335 e. The molecule has 1 atom stereocenters. The number of hydrogen-bond donors (Lipinski definition) is 2. The number of carboxylic acids is 1. The molecule has 128 valence electrons. The maximum absolute atomic E-state index is 12.4. The Morgan fingerprint density at radius 1 is 1.16 bits per heavy atom. The van der Waals surface area contributed by atoms with Gasteiger partial charge >= 0.3 is 5.97 Å². The standard InChI is InChI=1S/C19H18N2O4/c1-12-5-7-16(8-6-12)21-11-14(10-17(21)22)18(23)20-15-4-2-3-13(9-15)19(24)25/h2-9,14H,10-11H2,1H3,(H,20,23)(H,24,25)/t14-/m0/s1. The number of rotatable bonds is 4. The monoisotopic (exact) mass is 338 g/mol. The second-order valence-corrected chi connectivity index (χ2v) is 6.12. The number of carbonyl (C=O) groups is 3. The summed E-state index contributed by atoms with van der Waals surface area (Å²) < 4.78 is 0. The number of benzene rings is 2. The van der Waals surface area contributed by atoms with Gasteiger partial charge in [0.15, 0.2) is 0 Å². The van der Waals surface area contributed by atoms with Gasteiger partial charge in [-0.1, -0.05) is 23.8 Å². The van der Waals surface area contributed by atoms with Gasteiger partial charge in [0, 0.05) is 24.3 Å². The van der Waals surface area contributed by atoms with Crippen molar-refractivity contribution in [2.24, 2.45) is 5.92 Å². The highest BCUT2D eigenvalue weighted by molar-refractivity contribution is 6.03. The van der Waals surface area contributed by atoms with Crippen LogP contribution in [0.2, 0.25) is 0 Å². The molecule has 0 unspecified atom stereocenters. The normalized spacial score (nSPS) is 16.8. The third kappa shape index (κ3) is 3.68. The average molecular weight is 338 g/mol. The molecule has 1 fully saturated rings. The van der Waals surface area contributed by atoms with E-state index in [1.165, 1.54) is 12.1 Å². The highest BCUT2D eigenvalue weighted by atomic mass is 16.4. The Bertz CT molecular complexity index is 830. The topological polar surface area (TPSA) is 86.7 Å². The van der Waals surface area contributed by atoms with Crippen molar-refractivity contribution in [3.05, 3.63) is 59.7 Å². The van der Waals surface area contributed by atoms with E-state index in [1.807, 2.05) is 31.2 Å². The third-order valence-corrected chi connectivity index (χ3v) is 4.22. The number of aryl methyl sites for hydroxylation is 1. The van der Waals surface area contributed by atoms with Crippen LogP contribution in [0.3, 0.4) is 0 Å². The van der Waals surface area contributed by atoms with Crippen molar-refractivity contribution in [3.63, 3.8) is 0 Å². The van der Waals surface area contributed by atoms with E-state index in [0.29, 0.717) is 12.2 Å². The van der Waals surface area contributed by atoms with Crippen LogP contribution in [0.15, 0.2) is 48.5 Å². The lowest BCUT2D eigenvalue weighted by atomic mass is 10.1. The molecule has 2 amide bonds. The van der Waals surface area contributed by atoms with Crippen LogP contribution in [0.4, 0.5) is 11.4 Å². The summed E-state index contributed by atoms with van der Waals surface area (Å²) in [4.78, 5) is 37.3. The number of aromatic carboxylic acids is 1. The molecule has 6 nitrogen and oxygen atoms in total. The van der Waals surface area contributed by atoms with Crippen LogP contribution >= 0.6 is 0 Å². The highest BCUT2D eigenvalue weighted by Crippen LogP contribution is 2.26. The van der Waals surface area contributed by atoms with E-state index < -0.39 is 11.9 Å². The largest absolute Gasteiger partial charge is 0.478 e. The zero-order valence-corrected chi connectivity index (χ0v) is 13.7. The minimum Gasteiger partial charge on any atom is -0.478 e. The van der Waals surface area contributed by atoms with E-state index >= 15 is 0 Å². The van der Waals surface area contributed by atoms with Crippen LogP contribution < -0.4 is 10.2 Å². The summed E-state index contributed by atoms with van der Waals surface area (Å²) in [5.41, 5.74) is 2.38. The maximum atomic E-state index is 12.4. The lowest BCUT2D eigenvalue weighted by molar-refractivity contribution is -0.122. The molecule has 0 aliphatic carbocycles. The van der Waals surface area contributed by atoms with Crippen LogP contribution in [0, 0.1) is 12.8 Å². The first kappa shape index (κ1) is 16.7. The maximum Gasteiger partial charge on any atom is 0.335 e. The van der Waals surface area contributed by atoms with Crippen LogP contribution in [-0.2, 0) is 9.59 Å². The molecular weight excluding hydrogens is 320 g/mol. The second kappa shape index (κ2) is 6.76. The predicted octanol–water partition coefficient (Wildman–Crippen LogP) is 2.68. The minimum atomic E-state index is -1.06. The van der Waals surface area contributed by atoms with E-state index in [-0.39, 0.29) is 23.8 Å². The molecule has 6 heteroatoms. The molecule has 2 aromatic rings. The van der Waals surface area contributed by atoms with Gasteiger partial charge in [0.25, 0.3) is 0 Å². The van der Waals surface area contributed by atoms with Crippen molar-refractivity contribution < 1.29 is 19.5 Å². The number of nitrogens with zero attached hydrogens (tertiary/aromatic N) is 1. The summed E-state index contributed by atoms with van der Waals surface area (Å²) in [5, 5.41) is 11.7. The molecule has 0 saturated carbocycles. The van der Waals surface area contributed by atoms with Crippen molar-refractivity contribution in [1.29, 1.82) is 0 Å². The fourth-order valence-corrected chi connectivity index (χ4v) is 2.83. The van der Waals surface area contributed by atoms with E-state index in [1.54, 1.807) is 17.0 Å². The van der Waals surface area contributed by atoms with Crippen molar-refractivity contribution in [2.45, 2.75) is 13.3 Å². The SMILES string of the molecule is Cc1ccc(N2C[C@@H](C(=O)Nc3cccc(C(=O)O)c3)CC2=O)cc1. The molecule has 1 aliphatic heterocycles. The van der Waals surface area contributed by atoms with Crippen LogP contribution in [-0.4, -0.2) is 29.4 Å². The second-order valence-electron chi connectivity index (χ2n) is 6.12. The molecule has 0 aromatic heterocycles. The molecule has 1 saturated heterocycles. The lowest BCUT2D eigenvalue weighted by Gasteiger charge is -2.17. The first-order valence-corrected chi connectivity index (χ1v) is 7.95. The van der Waals surface area contributed by atoms with Gasteiger partial charge in [-0.2, -0.15) is 0 Å². The van der Waals surface area contributed by atoms with E-state index in [4.69, 9.17) is 5.11 Å². The van der Waals surface area contributed by atoms with Gasteiger partial charge in [-0.3, -0.25) is 9.59 Å². The fourth-order valence-electron chi connectivity index (χ4n) is 2.83. The Morgan fingerprint density at radius 2 is 1.88 bits per heavy atom. The first-order valence-electron chi connectivity index (χ1n) is 7.95. The van der Waals surface area contributed by atoms with Gasteiger partial charge in [0.05, 0.1) is 11.5 Å². The van der Waals surface area contributed by atoms with Gasteiger partial charge in [-0.25, -0.2) is 4.79 Å². The zero-order chi connectivity index (χ0) is 18.0. The summed E-state index contributed by atoms with van der Waals surface area (Å²) in [6.45, 7) is 2.28. The molecule has 1 aliphatic rings. The van der Waals surface area contributed by atoms with E-state index in [0.717, 1.165) is 11.3 Å². The number of nitrogens with one attached hydrogen (secondary N) is 1. The molecule has 0 bridgehead atoms. The first-order chi connectivity index (χ1) is 11.9. The summed E-state index contributed by atoms with van der Waals surface area (Å²) in [5.74, 6) is -1.91. The summed E-state index contributed by atoms with van der Waals surface area (Å²) in [6, 6.07) is 13.6. The molecule has 0 radical (unpaired) electrons. The zero-order valence-electron chi connectivity index (χ0n) is 13.7. The minimum absolute atomic E-state index is 0.0942. The third-order valence-electron chi connectivity index (χ3n) is 4.22. The highest BCUT2D eigenvalue weighted by Gasteiger charge is 2.35. The summed E-state index contributed by atoms with van der Waals surface area (Å²) in [6.07, 6.45) is 0.137. The van der Waals surface area contributed by atoms with Crippen molar-refractivity contribution >= 4 is 29.2 Å². The molecule has 25 heavy (non-hydrogen) atoms. The van der Waals surface area contributed by atoms with Crippen molar-refractivity contribution in [2.75, 3.05) is 16.8 Å². The number of carboxylic acid groups (broad SMARTS) is 1. The van der Waals surface area contributed by atoms with Crippen molar-refractivity contribution in [3.8, 4) is 0 Å². The molecule has 1 heterocycles. The number of hydrogen-bond acceptors (Lipinski definition) is 3. The Kier molecular flexibility index (Phi) is 4.52. The molecule has 3 rings (SSSR count). The molecular formula is C19H18N2O4. The molecule has 2 aromatic carbocycles. The quantitative estimate of drug-likeness (QED) is 0.897. The fraction of sp³-hybridized carbons (Fsp3) is 0.211. The molecule has 2 N–H and O–H groups in total. The van der Waals surface area contributed by atoms with Crippen LogP contribution in [0.1, 0.15) is 22.3 Å². The van der Waals surface area contributed by atoms with Crippen LogP contribution in [0.5, 0.6) is 0 Å². The Hall–Kier alpha value is -3.15. The Morgan fingerprint density at radius 3 is 2.56 bits per heavy atom. The van der Waals surface area contributed by atoms with E-state index in [2.05, 4.69) is 5.32 Å². The summed E-state index contributed by atoms with van der Waals surface area (Å²) >= 11 is 0. The van der Waals surface area contributed by atoms with Gasteiger partial charge in [-0.05, 0) is 37.3 Å². The molecule has 0 spiro atoms. The lowest BCUT2D eigenvalue weighted by Crippen LogP contribution is -2.28. The van der Waals surface area contributed by atoms with Crippen LogP contribution in [0.25, 0.3) is 0 Å². The predicted molar refractivity (Wildman–Crippen MR) is 93.7 cm³/mol. The Balaban J connectivity index is 1.69. The number of anilines is 2. The summed E-state index contributed by atoms with van der Waals surface area (Å²) in [7, 11) is 0. The van der Waals surface area contributed by atoms with Gasteiger partial charge in [-0.15, -0.1) is 0 Å². The van der Waals surface area contributed by atoms with Gasteiger partial charge < -0.3 is 15.3 Å². The number of carbonyl (C=O) groups excluding carboxylic acids is 2. The number of amides is 2. The Labute approximate surface area is 145 Å². The average Bonchev–Trinajstić information content (AvgIpc) is 2.98.